The summed E-state index contributed by atoms with van der Waals surface area (Å²) >= 11 is 5.64. The number of carbonyl (C=O) groups is 1. The lowest BCUT2D eigenvalue weighted by Crippen LogP contribution is -2.51. The van der Waals surface area contributed by atoms with Crippen LogP contribution in [0.1, 0.15) is 31.2 Å². The number of carbonyl (C=O) groups excluding carboxylic acids is 1. The monoisotopic (exact) mass is 337 g/mol. The molecule has 0 bridgehead atoms. The van der Waals surface area contributed by atoms with E-state index in [0.717, 1.165) is 4.90 Å². The summed E-state index contributed by atoms with van der Waals surface area (Å²) in [6.07, 6.45) is -3.19. The third-order valence-corrected chi connectivity index (χ3v) is 4.10. The van der Waals surface area contributed by atoms with Gasteiger partial charge in [-0.05, 0) is 43.4 Å². The minimum absolute atomic E-state index is 0.0440. The van der Waals surface area contributed by atoms with E-state index < -0.39 is 23.9 Å². The van der Waals surface area contributed by atoms with Crippen LogP contribution >= 0.6 is 11.6 Å². The van der Waals surface area contributed by atoms with Gasteiger partial charge in [-0.2, -0.15) is 13.2 Å². The highest BCUT2D eigenvalue weighted by Gasteiger charge is 2.45. The Hall–Kier alpha value is -1.30. The largest absolute Gasteiger partial charge is 0.408 e. The summed E-state index contributed by atoms with van der Waals surface area (Å²) in [7, 11) is 0. The number of benzene rings is 1. The number of hydrogen-bond donors (Lipinski definition) is 0. The Morgan fingerprint density at radius 3 is 2.68 bits per heavy atom. The maximum absolute atomic E-state index is 13.0. The molecular weight excluding hydrogens is 322 g/mol. The second kappa shape index (κ2) is 6.86. The van der Waals surface area contributed by atoms with Crippen LogP contribution in [0.25, 0.3) is 0 Å². The van der Waals surface area contributed by atoms with Gasteiger partial charge in [0.2, 0.25) is 5.91 Å². The molecule has 0 spiro atoms. The van der Waals surface area contributed by atoms with Gasteiger partial charge < -0.3 is 4.90 Å². The van der Waals surface area contributed by atoms with Crippen molar-refractivity contribution >= 4 is 17.5 Å². The van der Waals surface area contributed by atoms with Gasteiger partial charge in [0.1, 0.15) is 11.9 Å². The Morgan fingerprint density at radius 1 is 1.32 bits per heavy atom. The van der Waals surface area contributed by atoms with Crippen LogP contribution in [0.15, 0.2) is 18.2 Å². The van der Waals surface area contributed by atoms with Gasteiger partial charge in [-0.3, -0.25) is 4.79 Å². The number of halogens is 5. The zero-order valence-corrected chi connectivity index (χ0v) is 12.6. The summed E-state index contributed by atoms with van der Waals surface area (Å²) in [5.41, 5.74) is 0.625. The van der Waals surface area contributed by atoms with Gasteiger partial charge in [-0.25, -0.2) is 4.39 Å². The Morgan fingerprint density at radius 2 is 2.05 bits per heavy atom. The van der Waals surface area contributed by atoms with Crippen LogP contribution in [-0.4, -0.2) is 29.6 Å². The number of piperidine rings is 1. The van der Waals surface area contributed by atoms with Crippen molar-refractivity contribution in [2.45, 2.75) is 44.3 Å². The third-order valence-electron chi connectivity index (χ3n) is 3.81. The maximum atomic E-state index is 13.0. The second-order valence-electron chi connectivity index (χ2n) is 5.39. The summed E-state index contributed by atoms with van der Waals surface area (Å²) in [4.78, 5) is 13.0. The van der Waals surface area contributed by atoms with Crippen molar-refractivity contribution in [3.8, 4) is 0 Å². The minimum atomic E-state index is -4.39. The summed E-state index contributed by atoms with van der Waals surface area (Å²) < 4.78 is 51.9. The van der Waals surface area contributed by atoms with E-state index in [1.807, 2.05) is 0 Å². The predicted molar refractivity (Wildman–Crippen MR) is 75.1 cm³/mol. The zero-order valence-electron chi connectivity index (χ0n) is 11.8. The van der Waals surface area contributed by atoms with E-state index in [4.69, 9.17) is 11.6 Å². The summed E-state index contributed by atoms with van der Waals surface area (Å²) in [6.45, 7) is 0.132. The molecule has 2 rings (SSSR count). The Kier molecular flexibility index (Phi) is 5.32. The molecule has 1 aliphatic rings. The number of rotatable bonds is 3. The smallest absolute Gasteiger partial charge is 0.331 e. The van der Waals surface area contributed by atoms with Gasteiger partial charge in [-0.1, -0.05) is 17.7 Å². The fraction of sp³-hybridized carbons (Fsp3) is 0.533. The molecule has 1 aromatic rings. The number of alkyl halides is 3. The second-order valence-corrected chi connectivity index (χ2v) is 5.80. The van der Waals surface area contributed by atoms with Crippen molar-refractivity contribution in [3.05, 3.63) is 34.6 Å². The zero-order chi connectivity index (χ0) is 16.3. The van der Waals surface area contributed by atoms with Crippen LogP contribution in [-0.2, 0) is 11.2 Å². The summed E-state index contributed by atoms with van der Waals surface area (Å²) in [5.74, 6) is -1.09. The lowest BCUT2D eigenvalue weighted by atomic mass is 10.0. The lowest BCUT2D eigenvalue weighted by Gasteiger charge is -2.36. The van der Waals surface area contributed by atoms with Crippen molar-refractivity contribution in [1.29, 1.82) is 0 Å². The van der Waals surface area contributed by atoms with E-state index >= 15 is 0 Å². The minimum Gasteiger partial charge on any atom is -0.331 e. The molecule has 1 saturated heterocycles. The number of aryl methyl sites for hydroxylation is 1. The Balaban J connectivity index is 1.99. The van der Waals surface area contributed by atoms with E-state index in [1.165, 1.54) is 18.2 Å². The van der Waals surface area contributed by atoms with E-state index in [0.29, 0.717) is 18.4 Å². The number of nitrogens with zero attached hydrogens (tertiary/aromatic N) is 1. The highest BCUT2D eigenvalue weighted by atomic mass is 35.5. The molecule has 1 aromatic carbocycles. The molecule has 1 fully saturated rings. The molecule has 0 radical (unpaired) electrons. The SMILES string of the molecule is O=C(CCc1ccc(F)c(Cl)c1)N1CCCCC1C(F)(F)F. The molecule has 1 heterocycles. The van der Waals surface area contributed by atoms with Gasteiger partial charge in [-0.15, -0.1) is 0 Å². The third kappa shape index (κ3) is 4.12. The van der Waals surface area contributed by atoms with Gasteiger partial charge in [0.25, 0.3) is 0 Å². The van der Waals surface area contributed by atoms with Crippen molar-refractivity contribution < 1.29 is 22.4 Å². The van der Waals surface area contributed by atoms with Gasteiger partial charge in [0.05, 0.1) is 5.02 Å². The van der Waals surface area contributed by atoms with E-state index in [1.54, 1.807) is 0 Å². The van der Waals surface area contributed by atoms with Crippen LogP contribution in [0.3, 0.4) is 0 Å². The van der Waals surface area contributed by atoms with Crippen LogP contribution in [0.5, 0.6) is 0 Å². The molecule has 0 saturated carbocycles. The van der Waals surface area contributed by atoms with Gasteiger partial charge in [0.15, 0.2) is 0 Å². The lowest BCUT2D eigenvalue weighted by molar-refractivity contribution is -0.195. The topological polar surface area (TPSA) is 20.3 Å². The summed E-state index contributed by atoms with van der Waals surface area (Å²) in [6, 6.07) is 2.36. The molecule has 1 unspecified atom stereocenters. The number of hydrogen-bond acceptors (Lipinski definition) is 1. The fourth-order valence-electron chi connectivity index (χ4n) is 2.66. The molecule has 0 aromatic heterocycles. The molecule has 22 heavy (non-hydrogen) atoms. The molecule has 1 amide bonds. The Labute approximate surface area is 131 Å². The molecular formula is C15H16ClF4NO. The molecule has 0 aliphatic carbocycles. The maximum Gasteiger partial charge on any atom is 0.408 e. The Bertz CT molecular complexity index is 547. The molecule has 7 heteroatoms. The molecule has 2 nitrogen and oxygen atoms in total. The first-order valence-corrected chi connectivity index (χ1v) is 7.47. The summed E-state index contributed by atoms with van der Waals surface area (Å²) in [5, 5.41) is -0.0592. The quantitative estimate of drug-likeness (QED) is 0.751. The van der Waals surface area contributed by atoms with E-state index in [9.17, 15) is 22.4 Å². The van der Waals surface area contributed by atoms with Crippen LogP contribution in [0.4, 0.5) is 17.6 Å². The highest BCUT2D eigenvalue weighted by molar-refractivity contribution is 6.30. The number of amides is 1. The highest BCUT2D eigenvalue weighted by Crippen LogP contribution is 2.32. The van der Waals surface area contributed by atoms with Crippen LogP contribution < -0.4 is 0 Å². The van der Waals surface area contributed by atoms with Crippen molar-refractivity contribution in [1.82, 2.24) is 4.90 Å². The van der Waals surface area contributed by atoms with Crippen molar-refractivity contribution in [2.24, 2.45) is 0 Å². The first-order chi connectivity index (χ1) is 10.3. The van der Waals surface area contributed by atoms with Crippen molar-refractivity contribution in [2.75, 3.05) is 6.54 Å². The molecule has 1 aliphatic heterocycles. The first-order valence-electron chi connectivity index (χ1n) is 7.09. The average Bonchev–Trinajstić information content (AvgIpc) is 2.47. The predicted octanol–water partition coefficient (Wildman–Crippen LogP) is 4.36. The van der Waals surface area contributed by atoms with Gasteiger partial charge >= 0.3 is 6.18 Å². The van der Waals surface area contributed by atoms with E-state index in [-0.39, 0.29) is 30.8 Å². The first kappa shape index (κ1) is 17.1. The van der Waals surface area contributed by atoms with Crippen molar-refractivity contribution in [3.63, 3.8) is 0 Å². The standard InChI is InChI=1S/C15H16ClF4NO/c16-11-9-10(4-6-12(11)17)5-7-14(22)21-8-2-1-3-13(21)15(18,19)20/h4,6,9,13H,1-3,5,7-8H2. The normalized spacial score (nSPS) is 19.3. The van der Waals surface area contributed by atoms with E-state index in [2.05, 4.69) is 0 Å². The number of likely N-dealkylation sites (tertiary alicyclic amines) is 1. The molecule has 122 valence electrons. The van der Waals surface area contributed by atoms with Crippen LogP contribution in [0.2, 0.25) is 5.02 Å². The van der Waals surface area contributed by atoms with Crippen LogP contribution in [0, 0.1) is 5.82 Å². The molecule has 1 atom stereocenters. The van der Waals surface area contributed by atoms with Gasteiger partial charge in [0, 0.05) is 13.0 Å². The fourth-order valence-corrected chi connectivity index (χ4v) is 2.86. The average molecular weight is 338 g/mol. The molecule has 0 N–H and O–H groups in total.